The maximum absolute atomic E-state index is 11.5. The normalized spacial score (nSPS) is 20.4. The highest BCUT2D eigenvalue weighted by Gasteiger charge is 2.32. The first kappa shape index (κ1) is 10.4. The molecule has 0 fully saturated rings. The lowest BCUT2D eigenvalue weighted by Gasteiger charge is -2.16. The third-order valence-corrected chi connectivity index (χ3v) is 3.80. The van der Waals surface area contributed by atoms with E-state index in [0.717, 1.165) is 5.56 Å². The SMILES string of the molecule is CS(=O)(=O)N1CC(CO)c2ccccc21. The zero-order chi connectivity index (χ0) is 11.1. The molecule has 1 heterocycles. The smallest absolute Gasteiger partial charge is 0.232 e. The third-order valence-electron chi connectivity index (χ3n) is 2.65. The Morgan fingerprint density at radius 2 is 2.13 bits per heavy atom. The van der Waals surface area contributed by atoms with Crippen LogP contribution >= 0.6 is 0 Å². The van der Waals surface area contributed by atoms with Crippen LogP contribution in [0.5, 0.6) is 0 Å². The summed E-state index contributed by atoms with van der Waals surface area (Å²) in [6.07, 6.45) is 1.18. The van der Waals surface area contributed by atoms with Gasteiger partial charge in [-0.3, -0.25) is 4.31 Å². The molecule has 0 bridgehead atoms. The monoisotopic (exact) mass is 227 g/mol. The van der Waals surface area contributed by atoms with Crippen LogP contribution in [0.15, 0.2) is 24.3 Å². The molecule has 1 N–H and O–H groups in total. The van der Waals surface area contributed by atoms with E-state index in [0.29, 0.717) is 12.2 Å². The van der Waals surface area contributed by atoms with Crippen molar-refractivity contribution in [2.45, 2.75) is 5.92 Å². The first-order valence-electron chi connectivity index (χ1n) is 4.71. The van der Waals surface area contributed by atoms with E-state index in [4.69, 9.17) is 0 Å². The van der Waals surface area contributed by atoms with Crippen molar-refractivity contribution in [1.82, 2.24) is 0 Å². The second kappa shape index (κ2) is 3.50. The van der Waals surface area contributed by atoms with Crippen molar-refractivity contribution in [2.75, 3.05) is 23.7 Å². The highest BCUT2D eigenvalue weighted by atomic mass is 32.2. The zero-order valence-electron chi connectivity index (χ0n) is 8.42. The molecule has 1 aromatic carbocycles. The van der Waals surface area contributed by atoms with Crippen LogP contribution in [0, 0.1) is 0 Å². The number of fused-ring (bicyclic) bond motifs is 1. The predicted octanol–water partition coefficient (Wildman–Crippen LogP) is 0.542. The molecule has 1 aliphatic rings. The molecule has 0 amide bonds. The summed E-state index contributed by atoms with van der Waals surface area (Å²) < 4.78 is 24.4. The Morgan fingerprint density at radius 1 is 1.47 bits per heavy atom. The van der Waals surface area contributed by atoms with Crippen LogP contribution in [-0.4, -0.2) is 32.9 Å². The van der Waals surface area contributed by atoms with Gasteiger partial charge in [0, 0.05) is 12.5 Å². The quantitative estimate of drug-likeness (QED) is 0.802. The molecule has 0 aromatic heterocycles. The summed E-state index contributed by atoms with van der Waals surface area (Å²) >= 11 is 0. The molecule has 1 unspecified atom stereocenters. The summed E-state index contributed by atoms with van der Waals surface area (Å²) in [7, 11) is -3.24. The fraction of sp³-hybridized carbons (Fsp3) is 0.400. The summed E-state index contributed by atoms with van der Waals surface area (Å²) in [5.74, 6) is -0.101. The summed E-state index contributed by atoms with van der Waals surface area (Å²) in [5, 5.41) is 9.17. The van der Waals surface area contributed by atoms with Gasteiger partial charge in [0.2, 0.25) is 10.0 Å². The Hall–Kier alpha value is -1.07. The van der Waals surface area contributed by atoms with Crippen LogP contribution in [-0.2, 0) is 10.0 Å². The molecule has 0 spiro atoms. The van der Waals surface area contributed by atoms with Crippen LogP contribution < -0.4 is 4.31 Å². The van der Waals surface area contributed by atoms with Crippen LogP contribution in [0.25, 0.3) is 0 Å². The fourth-order valence-electron chi connectivity index (χ4n) is 1.93. The molecule has 2 rings (SSSR count). The van der Waals surface area contributed by atoms with Crippen molar-refractivity contribution in [2.24, 2.45) is 0 Å². The largest absolute Gasteiger partial charge is 0.396 e. The van der Waals surface area contributed by atoms with Crippen molar-refractivity contribution in [3.63, 3.8) is 0 Å². The Labute approximate surface area is 89.2 Å². The minimum Gasteiger partial charge on any atom is -0.396 e. The van der Waals surface area contributed by atoms with Gasteiger partial charge in [-0.15, -0.1) is 0 Å². The van der Waals surface area contributed by atoms with E-state index in [1.165, 1.54) is 10.6 Å². The summed E-state index contributed by atoms with van der Waals surface area (Å²) in [6.45, 7) is 0.317. The van der Waals surface area contributed by atoms with Gasteiger partial charge < -0.3 is 5.11 Å². The van der Waals surface area contributed by atoms with Crippen LogP contribution in [0.2, 0.25) is 0 Å². The zero-order valence-corrected chi connectivity index (χ0v) is 9.24. The Balaban J connectivity index is 2.51. The molecule has 0 saturated heterocycles. The lowest BCUT2D eigenvalue weighted by molar-refractivity contribution is 0.272. The third kappa shape index (κ3) is 1.72. The Morgan fingerprint density at radius 3 is 2.73 bits per heavy atom. The van der Waals surface area contributed by atoms with Gasteiger partial charge in [-0.1, -0.05) is 18.2 Å². The number of nitrogens with zero attached hydrogens (tertiary/aromatic N) is 1. The van der Waals surface area contributed by atoms with E-state index < -0.39 is 10.0 Å². The number of aliphatic hydroxyl groups excluding tert-OH is 1. The standard InChI is InChI=1S/C10H13NO3S/c1-15(13,14)11-6-8(7-12)9-4-2-3-5-10(9)11/h2-5,8,12H,6-7H2,1H3. The molecular weight excluding hydrogens is 214 g/mol. The predicted molar refractivity (Wildman–Crippen MR) is 58.5 cm³/mol. The Kier molecular flexibility index (Phi) is 2.44. The molecule has 0 aliphatic carbocycles. The van der Waals surface area contributed by atoms with Crippen molar-refractivity contribution < 1.29 is 13.5 Å². The number of anilines is 1. The molecule has 15 heavy (non-hydrogen) atoms. The van der Waals surface area contributed by atoms with E-state index in [1.54, 1.807) is 12.1 Å². The van der Waals surface area contributed by atoms with E-state index >= 15 is 0 Å². The number of benzene rings is 1. The molecule has 4 nitrogen and oxygen atoms in total. The van der Waals surface area contributed by atoms with E-state index in [1.807, 2.05) is 12.1 Å². The van der Waals surface area contributed by atoms with Crippen LogP contribution in [0.1, 0.15) is 11.5 Å². The van der Waals surface area contributed by atoms with Crippen molar-refractivity contribution in [3.05, 3.63) is 29.8 Å². The first-order valence-corrected chi connectivity index (χ1v) is 6.56. The Bertz CT molecular complexity index is 469. The summed E-state index contributed by atoms with van der Waals surface area (Å²) in [4.78, 5) is 0. The fourth-order valence-corrected chi connectivity index (χ4v) is 2.90. The van der Waals surface area contributed by atoms with Gasteiger partial charge in [0.1, 0.15) is 0 Å². The van der Waals surface area contributed by atoms with Gasteiger partial charge >= 0.3 is 0 Å². The average Bonchev–Trinajstić information content (AvgIpc) is 2.55. The lowest BCUT2D eigenvalue weighted by Crippen LogP contribution is -2.29. The number of sulfonamides is 1. The summed E-state index contributed by atoms with van der Waals surface area (Å²) in [6, 6.07) is 7.29. The topological polar surface area (TPSA) is 57.6 Å². The van der Waals surface area contributed by atoms with Crippen LogP contribution in [0.4, 0.5) is 5.69 Å². The van der Waals surface area contributed by atoms with Crippen molar-refractivity contribution in [3.8, 4) is 0 Å². The molecule has 1 aromatic rings. The molecule has 5 heteroatoms. The highest BCUT2D eigenvalue weighted by Crippen LogP contribution is 2.36. The van der Waals surface area contributed by atoms with Gasteiger partial charge in [0.15, 0.2) is 0 Å². The minimum absolute atomic E-state index is 0.0248. The number of hydrogen-bond acceptors (Lipinski definition) is 3. The first-order chi connectivity index (χ1) is 7.04. The lowest BCUT2D eigenvalue weighted by atomic mass is 10.0. The van der Waals surface area contributed by atoms with Gasteiger partial charge in [-0.25, -0.2) is 8.42 Å². The minimum atomic E-state index is -3.24. The molecule has 0 saturated carbocycles. The number of hydrogen-bond donors (Lipinski definition) is 1. The number of aliphatic hydroxyl groups is 1. The molecule has 1 atom stereocenters. The maximum atomic E-state index is 11.5. The van der Waals surface area contributed by atoms with Crippen LogP contribution in [0.3, 0.4) is 0 Å². The molecular formula is C10H13NO3S. The highest BCUT2D eigenvalue weighted by molar-refractivity contribution is 7.92. The number of rotatable bonds is 2. The maximum Gasteiger partial charge on any atom is 0.232 e. The van der Waals surface area contributed by atoms with Gasteiger partial charge in [-0.05, 0) is 11.6 Å². The van der Waals surface area contributed by atoms with E-state index in [2.05, 4.69) is 0 Å². The van der Waals surface area contributed by atoms with E-state index in [9.17, 15) is 13.5 Å². The van der Waals surface area contributed by atoms with Gasteiger partial charge in [0.25, 0.3) is 0 Å². The second-order valence-electron chi connectivity index (χ2n) is 3.73. The van der Waals surface area contributed by atoms with E-state index in [-0.39, 0.29) is 12.5 Å². The average molecular weight is 227 g/mol. The summed E-state index contributed by atoms with van der Waals surface area (Å²) in [5.41, 5.74) is 1.60. The van der Waals surface area contributed by atoms with Crippen molar-refractivity contribution >= 4 is 15.7 Å². The number of para-hydroxylation sites is 1. The second-order valence-corrected chi connectivity index (χ2v) is 5.64. The molecule has 0 radical (unpaired) electrons. The van der Waals surface area contributed by atoms with Gasteiger partial charge in [-0.2, -0.15) is 0 Å². The van der Waals surface area contributed by atoms with Gasteiger partial charge in [0.05, 0.1) is 18.6 Å². The molecule has 82 valence electrons. The van der Waals surface area contributed by atoms with Crippen molar-refractivity contribution in [1.29, 1.82) is 0 Å². The molecule has 1 aliphatic heterocycles.